The molecule has 0 saturated heterocycles. The van der Waals surface area contributed by atoms with Crippen LogP contribution in [0.5, 0.6) is 0 Å². The first-order valence-corrected chi connectivity index (χ1v) is 11.5. The number of hydrogen-bond donors (Lipinski definition) is 2. The highest BCUT2D eigenvalue weighted by Gasteiger charge is 2.09. The Morgan fingerprint density at radius 2 is 1.43 bits per heavy atom. The van der Waals surface area contributed by atoms with Gasteiger partial charge in [0.15, 0.2) is 0 Å². The lowest BCUT2D eigenvalue weighted by atomic mass is 9.97. The van der Waals surface area contributed by atoms with Crippen molar-refractivity contribution < 1.29 is 0 Å². The molecule has 1 aromatic rings. The second kappa shape index (κ2) is 20.6. The molecule has 1 aliphatic rings. The van der Waals surface area contributed by atoms with Crippen LogP contribution in [-0.2, 0) is 13.0 Å². The molecule has 0 atom stereocenters. The molecule has 2 N–H and O–H groups in total. The number of hydrogen-bond acceptors (Lipinski definition) is 2. The zero-order chi connectivity index (χ0) is 21.8. The molecular weight excluding hydrogens is 340 g/mol. The van der Waals surface area contributed by atoms with Gasteiger partial charge in [0.1, 0.15) is 0 Å². The van der Waals surface area contributed by atoms with Crippen molar-refractivity contribution in [1.29, 1.82) is 0 Å². The molecular formula is C26H50N2. The first-order chi connectivity index (χ1) is 13.5. The van der Waals surface area contributed by atoms with E-state index in [1.807, 2.05) is 14.1 Å². The van der Waals surface area contributed by atoms with Gasteiger partial charge in [-0.15, -0.1) is 6.58 Å². The van der Waals surface area contributed by atoms with E-state index in [2.05, 4.69) is 77.0 Å². The van der Waals surface area contributed by atoms with Crippen molar-refractivity contribution in [2.24, 2.45) is 5.92 Å². The van der Waals surface area contributed by atoms with Gasteiger partial charge in [0, 0.05) is 6.54 Å². The average molecular weight is 391 g/mol. The standard InChI is InChI=1S/C12H19N.C7H12.C4H11N.C3H8/c1-5-11-6-7-12(8-13-4)10(3)9(11)2;1-2-7-5-3-4-6-7;1-3-4-5-2;1-3-2/h6-7,13H,5,8H2,1-4H3;2,7H,1,3-6H2;5H,3-4H2,1-2H3;3H2,1-2H3. The fourth-order valence-electron chi connectivity index (χ4n) is 3.14. The van der Waals surface area contributed by atoms with Crippen molar-refractivity contribution in [1.82, 2.24) is 10.6 Å². The molecule has 0 heterocycles. The zero-order valence-electron chi connectivity index (χ0n) is 20.4. The normalized spacial score (nSPS) is 12.7. The van der Waals surface area contributed by atoms with Crippen LogP contribution in [0.15, 0.2) is 24.8 Å². The second-order valence-corrected chi connectivity index (χ2v) is 7.61. The van der Waals surface area contributed by atoms with Crippen LogP contribution in [0, 0.1) is 19.8 Å². The molecule has 1 aliphatic carbocycles. The van der Waals surface area contributed by atoms with Gasteiger partial charge < -0.3 is 10.6 Å². The Labute approximate surface area is 177 Å². The predicted octanol–water partition coefficient (Wildman–Crippen LogP) is 6.98. The van der Waals surface area contributed by atoms with Crippen LogP contribution in [0.3, 0.4) is 0 Å². The highest BCUT2D eigenvalue weighted by atomic mass is 14.8. The third-order valence-electron chi connectivity index (χ3n) is 4.99. The van der Waals surface area contributed by atoms with Gasteiger partial charge in [-0.2, -0.15) is 0 Å². The van der Waals surface area contributed by atoms with Crippen molar-refractivity contribution in [3.8, 4) is 0 Å². The minimum Gasteiger partial charge on any atom is -0.320 e. The largest absolute Gasteiger partial charge is 0.320 e. The van der Waals surface area contributed by atoms with E-state index in [1.54, 1.807) is 0 Å². The third-order valence-corrected chi connectivity index (χ3v) is 4.99. The van der Waals surface area contributed by atoms with Crippen LogP contribution >= 0.6 is 0 Å². The SMILES string of the molecule is C=CC1CCCC1.CCC.CCCNC.CCc1ccc(CNC)c(C)c1C. The Morgan fingerprint density at radius 3 is 1.75 bits per heavy atom. The molecule has 0 amide bonds. The quantitative estimate of drug-likeness (QED) is 0.512. The molecule has 0 spiro atoms. The molecule has 164 valence electrons. The number of aryl methyl sites for hydroxylation is 1. The van der Waals surface area contributed by atoms with Gasteiger partial charge >= 0.3 is 0 Å². The number of nitrogens with one attached hydrogen (secondary N) is 2. The number of benzene rings is 1. The van der Waals surface area contributed by atoms with Gasteiger partial charge in [-0.25, -0.2) is 0 Å². The molecule has 1 aromatic carbocycles. The molecule has 0 aliphatic heterocycles. The Kier molecular flexibility index (Phi) is 21.4. The Balaban J connectivity index is 0. The lowest BCUT2D eigenvalue weighted by molar-refractivity contribution is 0.688. The van der Waals surface area contributed by atoms with Crippen molar-refractivity contribution in [2.45, 2.75) is 93.0 Å². The van der Waals surface area contributed by atoms with Gasteiger partial charge in [0.2, 0.25) is 0 Å². The van der Waals surface area contributed by atoms with E-state index in [9.17, 15) is 0 Å². The van der Waals surface area contributed by atoms with Crippen LogP contribution in [0.1, 0.15) is 88.5 Å². The van der Waals surface area contributed by atoms with Gasteiger partial charge in [0.05, 0.1) is 0 Å². The van der Waals surface area contributed by atoms with Crippen molar-refractivity contribution in [2.75, 3.05) is 20.6 Å². The summed E-state index contributed by atoms with van der Waals surface area (Å²) in [5.41, 5.74) is 5.78. The average Bonchev–Trinajstić information content (AvgIpc) is 3.22. The van der Waals surface area contributed by atoms with Crippen LogP contribution in [0.25, 0.3) is 0 Å². The van der Waals surface area contributed by atoms with E-state index in [1.165, 1.54) is 60.8 Å². The molecule has 1 saturated carbocycles. The highest BCUT2D eigenvalue weighted by Crippen LogP contribution is 2.24. The third kappa shape index (κ3) is 14.0. The second-order valence-electron chi connectivity index (χ2n) is 7.61. The van der Waals surface area contributed by atoms with Gasteiger partial charge in [-0.3, -0.25) is 0 Å². The van der Waals surface area contributed by atoms with E-state index in [4.69, 9.17) is 0 Å². The zero-order valence-corrected chi connectivity index (χ0v) is 20.4. The smallest absolute Gasteiger partial charge is 0.0205 e. The van der Waals surface area contributed by atoms with E-state index in [0.717, 1.165) is 25.4 Å². The molecule has 2 nitrogen and oxygen atoms in total. The van der Waals surface area contributed by atoms with E-state index in [-0.39, 0.29) is 0 Å². The van der Waals surface area contributed by atoms with Gasteiger partial charge in [-0.05, 0) is 88.3 Å². The monoisotopic (exact) mass is 390 g/mol. The van der Waals surface area contributed by atoms with Crippen LogP contribution in [0.2, 0.25) is 0 Å². The molecule has 28 heavy (non-hydrogen) atoms. The lowest BCUT2D eigenvalue weighted by Gasteiger charge is -2.11. The molecule has 0 radical (unpaired) electrons. The van der Waals surface area contributed by atoms with Gasteiger partial charge in [0.25, 0.3) is 0 Å². The number of rotatable bonds is 6. The summed E-state index contributed by atoms with van der Waals surface area (Å²) in [6.07, 6.45) is 11.3. The fourth-order valence-corrected chi connectivity index (χ4v) is 3.14. The molecule has 0 unspecified atom stereocenters. The summed E-state index contributed by atoms with van der Waals surface area (Å²) in [6.45, 7) is 18.9. The predicted molar refractivity (Wildman–Crippen MR) is 130 cm³/mol. The Bertz CT molecular complexity index is 472. The van der Waals surface area contributed by atoms with Crippen molar-refractivity contribution in [3.05, 3.63) is 47.0 Å². The Morgan fingerprint density at radius 1 is 0.929 bits per heavy atom. The summed E-state index contributed by atoms with van der Waals surface area (Å²) in [7, 11) is 3.95. The highest BCUT2D eigenvalue weighted by molar-refractivity contribution is 5.39. The molecule has 1 fully saturated rings. The fraction of sp³-hybridized carbons (Fsp3) is 0.692. The molecule has 0 aromatic heterocycles. The summed E-state index contributed by atoms with van der Waals surface area (Å²) in [6, 6.07) is 4.48. The first-order valence-electron chi connectivity index (χ1n) is 11.5. The molecule has 0 bridgehead atoms. The van der Waals surface area contributed by atoms with Crippen LogP contribution in [-0.4, -0.2) is 20.6 Å². The maximum Gasteiger partial charge on any atom is 0.0205 e. The minimum atomic E-state index is 0.861. The summed E-state index contributed by atoms with van der Waals surface area (Å²) in [4.78, 5) is 0. The van der Waals surface area contributed by atoms with E-state index >= 15 is 0 Å². The van der Waals surface area contributed by atoms with Crippen LogP contribution in [0.4, 0.5) is 0 Å². The number of allylic oxidation sites excluding steroid dienone is 1. The topological polar surface area (TPSA) is 24.1 Å². The summed E-state index contributed by atoms with van der Waals surface area (Å²) in [5.74, 6) is 0.861. The molecule has 2 rings (SSSR count). The molecule has 2 heteroatoms. The van der Waals surface area contributed by atoms with Crippen molar-refractivity contribution in [3.63, 3.8) is 0 Å². The van der Waals surface area contributed by atoms with E-state index < -0.39 is 0 Å². The van der Waals surface area contributed by atoms with Gasteiger partial charge in [-0.1, -0.05) is 65.2 Å². The Hall–Kier alpha value is -1.12. The maximum absolute atomic E-state index is 3.74. The summed E-state index contributed by atoms with van der Waals surface area (Å²) >= 11 is 0. The lowest BCUT2D eigenvalue weighted by Crippen LogP contribution is -2.08. The first kappa shape index (κ1) is 29.1. The summed E-state index contributed by atoms with van der Waals surface area (Å²) in [5, 5.41) is 6.21. The van der Waals surface area contributed by atoms with Crippen LogP contribution < -0.4 is 10.6 Å². The summed E-state index contributed by atoms with van der Waals surface area (Å²) < 4.78 is 0. The minimum absolute atomic E-state index is 0.861. The van der Waals surface area contributed by atoms with E-state index in [0.29, 0.717) is 0 Å². The maximum atomic E-state index is 3.74. The van der Waals surface area contributed by atoms with Crippen molar-refractivity contribution >= 4 is 0 Å².